The van der Waals surface area contributed by atoms with E-state index in [1.807, 2.05) is 0 Å². The van der Waals surface area contributed by atoms with E-state index in [0.717, 1.165) is 19.4 Å². The zero-order valence-electron chi connectivity index (χ0n) is 13.1. The summed E-state index contributed by atoms with van der Waals surface area (Å²) in [7, 11) is 2.08. The van der Waals surface area contributed by atoms with Crippen LogP contribution in [0.4, 0.5) is 0 Å². The maximum absolute atomic E-state index is 11.9. The molecule has 0 heterocycles. The van der Waals surface area contributed by atoms with Crippen LogP contribution < -0.4 is 5.32 Å². The average molecular weight is 290 g/mol. The van der Waals surface area contributed by atoms with E-state index in [1.54, 1.807) is 24.3 Å². The Kier molecular flexibility index (Phi) is 8.36. The van der Waals surface area contributed by atoms with E-state index in [9.17, 15) is 9.59 Å². The summed E-state index contributed by atoms with van der Waals surface area (Å²) >= 11 is 0. The molecule has 0 radical (unpaired) electrons. The van der Waals surface area contributed by atoms with E-state index in [4.69, 9.17) is 0 Å². The van der Waals surface area contributed by atoms with Gasteiger partial charge in [0, 0.05) is 24.2 Å². The molecule has 0 atom stereocenters. The van der Waals surface area contributed by atoms with E-state index in [0.29, 0.717) is 17.7 Å². The molecule has 4 nitrogen and oxygen atoms in total. The summed E-state index contributed by atoms with van der Waals surface area (Å²) in [6.07, 6.45) is 5.81. The van der Waals surface area contributed by atoms with Crippen molar-refractivity contribution >= 4 is 12.2 Å². The number of hydrogen-bond acceptors (Lipinski definition) is 3. The first kappa shape index (κ1) is 17.4. The molecule has 21 heavy (non-hydrogen) atoms. The van der Waals surface area contributed by atoms with Crippen LogP contribution in [0.3, 0.4) is 0 Å². The average Bonchev–Trinajstić information content (AvgIpc) is 2.51. The fourth-order valence-corrected chi connectivity index (χ4v) is 2.10. The van der Waals surface area contributed by atoms with Gasteiger partial charge in [-0.15, -0.1) is 0 Å². The number of aldehydes is 1. The minimum absolute atomic E-state index is 0.0909. The van der Waals surface area contributed by atoms with Crippen molar-refractivity contribution in [1.82, 2.24) is 10.2 Å². The van der Waals surface area contributed by atoms with Gasteiger partial charge in [0.1, 0.15) is 6.29 Å². The van der Waals surface area contributed by atoms with Crippen LogP contribution in [-0.2, 0) is 0 Å². The van der Waals surface area contributed by atoms with E-state index >= 15 is 0 Å². The predicted molar refractivity (Wildman–Crippen MR) is 85.8 cm³/mol. The fraction of sp³-hybridized carbons (Fsp3) is 0.529. The molecule has 0 saturated heterocycles. The summed E-state index contributed by atoms with van der Waals surface area (Å²) in [6, 6.07) is 6.66. The molecule has 4 heteroatoms. The maximum Gasteiger partial charge on any atom is 0.251 e. The number of likely N-dealkylation sites (N-methyl/N-ethyl adjacent to an activating group) is 1. The lowest BCUT2D eigenvalue weighted by Crippen LogP contribution is -2.33. The normalized spacial score (nSPS) is 10.6. The van der Waals surface area contributed by atoms with E-state index < -0.39 is 0 Å². The van der Waals surface area contributed by atoms with Crippen molar-refractivity contribution in [3.63, 3.8) is 0 Å². The van der Waals surface area contributed by atoms with Crippen LogP contribution in [0.5, 0.6) is 0 Å². The van der Waals surface area contributed by atoms with Crippen molar-refractivity contribution in [3.05, 3.63) is 35.4 Å². The van der Waals surface area contributed by atoms with Crippen molar-refractivity contribution < 1.29 is 9.59 Å². The molecule has 1 amide bonds. The Balaban J connectivity index is 2.21. The summed E-state index contributed by atoms with van der Waals surface area (Å²) in [5, 5.41) is 2.90. The van der Waals surface area contributed by atoms with Crippen molar-refractivity contribution in [2.45, 2.75) is 32.6 Å². The lowest BCUT2D eigenvalue weighted by Gasteiger charge is -2.16. The summed E-state index contributed by atoms with van der Waals surface area (Å²) in [6.45, 7) is 4.77. The monoisotopic (exact) mass is 290 g/mol. The number of nitrogens with one attached hydrogen (secondary N) is 1. The quantitative estimate of drug-likeness (QED) is 0.532. The first-order valence-corrected chi connectivity index (χ1v) is 7.69. The molecule has 0 bridgehead atoms. The van der Waals surface area contributed by atoms with Gasteiger partial charge in [-0.25, -0.2) is 0 Å². The fourth-order valence-electron chi connectivity index (χ4n) is 2.10. The first-order valence-electron chi connectivity index (χ1n) is 7.69. The Labute approximate surface area is 127 Å². The SMILES string of the molecule is CCCCCCN(C)CCNC(=O)c1ccc(C=O)cc1. The van der Waals surface area contributed by atoms with Gasteiger partial charge in [0.2, 0.25) is 0 Å². The molecule has 0 spiro atoms. The standard InChI is InChI=1S/C17H26N2O2/c1-3-4-5-6-12-19(2)13-11-18-17(21)16-9-7-15(14-20)8-10-16/h7-10,14H,3-6,11-13H2,1-2H3,(H,18,21). The Morgan fingerprint density at radius 1 is 1.14 bits per heavy atom. The molecule has 116 valence electrons. The molecule has 0 fully saturated rings. The van der Waals surface area contributed by atoms with Gasteiger partial charge in [-0.2, -0.15) is 0 Å². The summed E-state index contributed by atoms with van der Waals surface area (Å²) in [5.41, 5.74) is 1.17. The summed E-state index contributed by atoms with van der Waals surface area (Å²) < 4.78 is 0. The zero-order chi connectivity index (χ0) is 15.5. The van der Waals surface area contributed by atoms with E-state index in [-0.39, 0.29) is 5.91 Å². The number of carbonyl (C=O) groups excluding carboxylic acids is 2. The molecule has 1 N–H and O–H groups in total. The highest BCUT2D eigenvalue weighted by atomic mass is 16.1. The summed E-state index contributed by atoms with van der Waals surface area (Å²) in [4.78, 5) is 24.7. The number of amides is 1. The topological polar surface area (TPSA) is 49.4 Å². The number of hydrogen-bond donors (Lipinski definition) is 1. The Hall–Kier alpha value is -1.68. The van der Waals surface area contributed by atoms with Gasteiger partial charge in [0.25, 0.3) is 5.91 Å². The first-order chi connectivity index (χ1) is 10.2. The van der Waals surface area contributed by atoms with Gasteiger partial charge in [0.15, 0.2) is 0 Å². The molecule has 1 aromatic rings. The van der Waals surface area contributed by atoms with Crippen LogP contribution in [0.25, 0.3) is 0 Å². The highest BCUT2D eigenvalue weighted by molar-refractivity contribution is 5.94. The van der Waals surface area contributed by atoms with Gasteiger partial charge in [-0.3, -0.25) is 9.59 Å². The third-order valence-corrected chi connectivity index (χ3v) is 3.48. The van der Waals surface area contributed by atoms with Crippen molar-refractivity contribution in [2.75, 3.05) is 26.7 Å². The van der Waals surface area contributed by atoms with Crippen LogP contribution in [0.1, 0.15) is 53.3 Å². The van der Waals surface area contributed by atoms with E-state index in [1.165, 1.54) is 25.7 Å². The second-order valence-electron chi connectivity index (χ2n) is 5.36. The lowest BCUT2D eigenvalue weighted by molar-refractivity contribution is 0.0949. The van der Waals surface area contributed by atoms with Gasteiger partial charge >= 0.3 is 0 Å². The predicted octanol–water partition coefficient (Wildman–Crippen LogP) is 2.74. The molecular weight excluding hydrogens is 264 g/mol. The highest BCUT2D eigenvalue weighted by Gasteiger charge is 2.05. The van der Waals surface area contributed by atoms with E-state index in [2.05, 4.69) is 24.2 Å². The highest BCUT2D eigenvalue weighted by Crippen LogP contribution is 2.02. The molecule has 0 aliphatic rings. The third-order valence-electron chi connectivity index (χ3n) is 3.48. The smallest absolute Gasteiger partial charge is 0.251 e. The Bertz CT molecular complexity index is 429. The van der Waals surface area contributed by atoms with Gasteiger partial charge in [0.05, 0.1) is 0 Å². The zero-order valence-corrected chi connectivity index (χ0v) is 13.1. The third kappa shape index (κ3) is 7.04. The number of rotatable bonds is 10. The van der Waals surface area contributed by atoms with Crippen molar-refractivity contribution in [1.29, 1.82) is 0 Å². The largest absolute Gasteiger partial charge is 0.351 e. The molecule has 0 aliphatic carbocycles. The number of unbranched alkanes of at least 4 members (excludes halogenated alkanes) is 3. The van der Waals surface area contributed by atoms with Crippen LogP contribution >= 0.6 is 0 Å². The summed E-state index contributed by atoms with van der Waals surface area (Å²) in [5.74, 6) is -0.0909. The molecular formula is C17H26N2O2. The van der Waals surface area contributed by atoms with Crippen LogP contribution in [0, 0.1) is 0 Å². The molecule has 0 aliphatic heterocycles. The second kappa shape index (κ2) is 10.1. The van der Waals surface area contributed by atoms with Crippen molar-refractivity contribution in [2.24, 2.45) is 0 Å². The van der Waals surface area contributed by atoms with Gasteiger partial charge in [-0.1, -0.05) is 38.3 Å². The Morgan fingerprint density at radius 3 is 2.48 bits per heavy atom. The van der Waals surface area contributed by atoms with Crippen molar-refractivity contribution in [3.8, 4) is 0 Å². The van der Waals surface area contributed by atoms with Gasteiger partial charge < -0.3 is 10.2 Å². The molecule has 1 aromatic carbocycles. The molecule has 0 unspecified atom stereocenters. The number of nitrogens with zero attached hydrogens (tertiary/aromatic N) is 1. The number of carbonyl (C=O) groups is 2. The van der Waals surface area contributed by atoms with Crippen LogP contribution in [-0.4, -0.2) is 43.8 Å². The van der Waals surface area contributed by atoms with Gasteiger partial charge in [-0.05, 0) is 32.1 Å². The maximum atomic E-state index is 11.9. The van der Waals surface area contributed by atoms with Crippen LogP contribution in [0.2, 0.25) is 0 Å². The molecule has 0 saturated carbocycles. The Morgan fingerprint density at radius 2 is 1.86 bits per heavy atom. The number of benzene rings is 1. The minimum atomic E-state index is -0.0909. The van der Waals surface area contributed by atoms with Crippen LogP contribution in [0.15, 0.2) is 24.3 Å². The lowest BCUT2D eigenvalue weighted by atomic mass is 10.1. The molecule has 0 aromatic heterocycles. The second-order valence-corrected chi connectivity index (χ2v) is 5.36. The minimum Gasteiger partial charge on any atom is -0.351 e. The molecule has 1 rings (SSSR count).